The summed E-state index contributed by atoms with van der Waals surface area (Å²) >= 11 is 3.40. The van der Waals surface area contributed by atoms with Crippen LogP contribution in [0.25, 0.3) is 0 Å². The fourth-order valence-corrected chi connectivity index (χ4v) is 2.26. The largest absolute Gasteiger partial charge is 0.352 e. The predicted octanol–water partition coefficient (Wildman–Crippen LogP) is 2.87. The van der Waals surface area contributed by atoms with Crippen molar-refractivity contribution in [2.45, 2.75) is 39.2 Å². The maximum absolute atomic E-state index is 11.9. The van der Waals surface area contributed by atoms with Crippen molar-refractivity contribution in [2.75, 3.05) is 6.54 Å². The number of carbonyl (C=O) groups excluding carboxylic acids is 1. The zero-order valence-electron chi connectivity index (χ0n) is 11.7. The summed E-state index contributed by atoms with van der Waals surface area (Å²) in [4.78, 5) is 11.9. The third-order valence-electron chi connectivity index (χ3n) is 2.96. The lowest BCUT2D eigenvalue weighted by atomic mass is 10.0. The number of halogens is 1. The molecule has 0 spiro atoms. The lowest BCUT2D eigenvalue weighted by molar-refractivity contribution is -0.121. The number of amides is 1. The molecule has 0 radical (unpaired) electrons. The molecule has 1 amide bonds. The van der Waals surface area contributed by atoms with E-state index in [4.69, 9.17) is 5.73 Å². The van der Waals surface area contributed by atoms with Crippen LogP contribution in [-0.2, 0) is 11.2 Å². The van der Waals surface area contributed by atoms with Crippen LogP contribution in [0.4, 0.5) is 0 Å². The van der Waals surface area contributed by atoms with Gasteiger partial charge in [0.25, 0.3) is 0 Å². The number of aryl methyl sites for hydroxylation is 1. The van der Waals surface area contributed by atoms with Crippen LogP contribution in [0.15, 0.2) is 28.7 Å². The predicted molar refractivity (Wildman–Crippen MR) is 82.9 cm³/mol. The fourth-order valence-electron chi connectivity index (χ4n) is 1.99. The Morgan fingerprint density at radius 3 is 2.47 bits per heavy atom. The quantitative estimate of drug-likeness (QED) is 0.809. The van der Waals surface area contributed by atoms with Crippen LogP contribution in [0.2, 0.25) is 0 Å². The highest BCUT2D eigenvalue weighted by Gasteiger charge is 2.12. The fraction of sp³-hybridized carbons (Fsp3) is 0.533. The molecule has 0 heterocycles. The summed E-state index contributed by atoms with van der Waals surface area (Å²) in [6.07, 6.45) is 2.20. The van der Waals surface area contributed by atoms with Crippen molar-refractivity contribution < 1.29 is 4.79 Å². The van der Waals surface area contributed by atoms with E-state index in [0.717, 1.165) is 17.3 Å². The molecule has 3 nitrogen and oxygen atoms in total. The number of carbonyl (C=O) groups is 1. The Labute approximate surface area is 124 Å². The highest BCUT2D eigenvalue weighted by Crippen LogP contribution is 2.12. The number of rotatable bonds is 7. The highest BCUT2D eigenvalue weighted by molar-refractivity contribution is 9.10. The maximum atomic E-state index is 11.9. The zero-order chi connectivity index (χ0) is 14.3. The van der Waals surface area contributed by atoms with Crippen molar-refractivity contribution in [3.63, 3.8) is 0 Å². The molecule has 1 unspecified atom stereocenters. The molecular weight excluding hydrogens is 304 g/mol. The summed E-state index contributed by atoms with van der Waals surface area (Å²) in [5, 5.41) is 3.01. The normalized spacial score (nSPS) is 12.5. The molecule has 3 N–H and O–H groups in total. The van der Waals surface area contributed by atoms with E-state index >= 15 is 0 Å². The molecule has 106 valence electrons. The first-order valence-electron chi connectivity index (χ1n) is 6.75. The SMILES string of the molecule is CC(C)CC(CN)NC(=O)CCc1ccc(Br)cc1. The Kier molecular flexibility index (Phi) is 7.10. The molecule has 0 aliphatic carbocycles. The number of nitrogens with two attached hydrogens (primary N) is 1. The minimum absolute atomic E-state index is 0.0824. The molecule has 1 aromatic carbocycles. The molecule has 1 atom stereocenters. The second kappa shape index (κ2) is 8.33. The van der Waals surface area contributed by atoms with Crippen molar-refractivity contribution >= 4 is 21.8 Å². The highest BCUT2D eigenvalue weighted by atomic mass is 79.9. The molecule has 0 aromatic heterocycles. The monoisotopic (exact) mass is 326 g/mol. The summed E-state index contributed by atoms with van der Waals surface area (Å²) < 4.78 is 1.06. The van der Waals surface area contributed by atoms with E-state index in [9.17, 15) is 4.79 Å². The second-order valence-electron chi connectivity index (χ2n) is 5.26. The van der Waals surface area contributed by atoms with Gasteiger partial charge in [0, 0.05) is 23.5 Å². The van der Waals surface area contributed by atoms with Crippen LogP contribution < -0.4 is 11.1 Å². The van der Waals surface area contributed by atoms with Gasteiger partial charge in [-0.25, -0.2) is 0 Å². The molecule has 0 saturated carbocycles. The second-order valence-corrected chi connectivity index (χ2v) is 6.17. The van der Waals surface area contributed by atoms with Crippen molar-refractivity contribution in [3.05, 3.63) is 34.3 Å². The minimum atomic E-state index is 0.0824. The molecule has 0 saturated heterocycles. The number of benzene rings is 1. The standard InChI is InChI=1S/C15H23BrN2O/c1-11(2)9-14(10-17)18-15(19)8-5-12-3-6-13(16)7-4-12/h3-4,6-7,11,14H,5,8-10,17H2,1-2H3,(H,18,19). The summed E-state index contributed by atoms with van der Waals surface area (Å²) in [6.45, 7) is 4.77. The van der Waals surface area contributed by atoms with Crippen molar-refractivity contribution in [1.29, 1.82) is 0 Å². The van der Waals surface area contributed by atoms with E-state index in [2.05, 4.69) is 35.1 Å². The summed E-state index contributed by atoms with van der Waals surface area (Å²) in [5.41, 5.74) is 6.85. The Hall–Kier alpha value is -0.870. The van der Waals surface area contributed by atoms with Gasteiger partial charge in [0.2, 0.25) is 5.91 Å². The van der Waals surface area contributed by atoms with E-state index < -0.39 is 0 Å². The maximum Gasteiger partial charge on any atom is 0.220 e. The van der Waals surface area contributed by atoms with E-state index in [1.165, 1.54) is 5.56 Å². The van der Waals surface area contributed by atoms with Crippen LogP contribution in [-0.4, -0.2) is 18.5 Å². The number of nitrogens with one attached hydrogen (secondary N) is 1. The summed E-state index contributed by atoms with van der Waals surface area (Å²) in [5.74, 6) is 0.624. The van der Waals surface area contributed by atoms with E-state index in [-0.39, 0.29) is 11.9 Å². The van der Waals surface area contributed by atoms with Crippen LogP contribution in [0, 0.1) is 5.92 Å². The Morgan fingerprint density at radius 2 is 1.95 bits per heavy atom. The Balaban J connectivity index is 2.36. The average Bonchev–Trinajstić information content (AvgIpc) is 2.36. The molecule has 1 rings (SSSR count). The Bertz CT molecular complexity index is 390. The van der Waals surface area contributed by atoms with Crippen LogP contribution in [0.5, 0.6) is 0 Å². The van der Waals surface area contributed by atoms with Gasteiger partial charge in [0.1, 0.15) is 0 Å². The first-order chi connectivity index (χ1) is 9.01. The topological polar surface area (TPSA) is 55.1 Å². The van der Waals surface area contributed by atoms with Crippen LogP contribution in [0.1, 0.15) is 32.3 Å². The molecule has 19 heavy (non-hydrogen) atoms. The van der Waals surface area contributed by atoms with Gasteiger partial charge >= 0.3 is 0 Å². The van der Waals surface area contributed by atoms with E-state index in [1.54, 1.807) is 0 Å². The summed E-state index contributed by atoms with van der Waals surface area (Å²) in [7, 11) is 0. The Morgan fingerprint density at radius 1 is 1.32 bits per heavy atom. The molecular formula is C15H23BrN2O. The van der Waals surface area contributed by atoms with Crippen molar-refractivity contribution in [3.8, 4) is 0 Å². The van der Waals surface area contributed by atoms with Crippen molar-refractivity contribution in [1.82, 2.24) is 5.32 Å². The lowest BCUT2D eigenvalue weighted by Gasteiger charge is -2.18. The van der Waals surface area contributed by atoms with Gasteiger partial charge in [-0.05, 0) is 36.5 Å². The first-order valence-corrected chi connectivity index (χ1v) is 7.54. The van der Waals surface area contributed by atoms with E-state index in [1.807, 2.05) is 24.3 Å². The molecule has 0 fully saturated rings. The number of hydrogen-bond donors (Lipinski definition) is 2. The van der Waals surface area contributed by atoms with Gasteiger partial charge in [-0.3, -0.25) is 4.79 Å². The zero-order valence-corrected chi connectivity index (χ0v) is 13.2. The molecule has 0 bridgehead atoms. The van der Waals surface area contributed by atoms with E-state index in [0.29, 0.717) is 18.9 Å². The van der Waals surface area contributed by atoms with Crippen LogP contribution in [0.3, 0.4) is 0 Å². The molecule has 4 heteroatoms. The first kappa shape index (κ1) is 16.2. The van der Waals surface area contributed by atoms with Gasteiger partial charge in [-0.2, -0.15) is 0 Å². The van der Waals surface area contributed by atoms with Gasteiger partial charge < -0.3 is 11.1 Å². The number of hydrogen-bond acceptors (Lipinski definition) is 2. The van der Waals surface area contributed by atoms with Gasteiger partial charge in [0.05, 0.1) is 0 Å². The van der Waals surface area contributed by atoms with Crippen LogP contribution >= 0.6 is 15.9 Å². The van der Waals surface area contributed by atoms with Crippen molar-refractivity contribution in [2.24, 2.45) is 11.7 Å². The van der Waals surface area contributed by atoms with Gasteiger partial charge in [-0.1, -0.05) is 41.9 Å². The van der Waals surface area contributed by atoms with Gasteiger partial charge in [0.15, 0.2) is 0 Å². The third-order valence-corrected chi connectivity index (χ3v) is 3.49. The van der Waals surface area contributed by atoms with Gasteiger partial charge in [-0.15, -0.1) is 0 Å². The molecule has 0 aliphatic heterocycles. The smallest absolute Gasteiger partial charge is 0.220 e. The third kappa shape index (κ3) is 6.73. The summed E-state index contributed by atoms with van der Waals surface area (Å²) in [6, 6.07) is 8.15. The lowest BCUT2D eigenvalue weighted by Crippen LogP contribution is -2.41. The molecule has 1 aromatic rings. The minimum Gasteiger partial charge on any atom is -0.352 e. The average molecular weight is 327 g/mol. The molecule has 0 aliphatic rings.